The van der Waals surface area contributed by atoms with Gasteiger partial charge in [0.15, 0.2) is 0 Å². The lowest BCUT2D eigenvalue weighted by Gasteiger charge is -2.34. The van der Waals surface area contributed by atoms with E-state index in [4.69, 9.17) is 14.5 Å². The topological polar surface area (TPSA) is 67.7 Å². The molecule has 126 valence electrons. The molecule has 0 radical (unpaired) electrons. The van der Waals surface area contributed by atoms with Crippen molar-refractivity contribution in [2.24, 2.45) is 0 Å². The van der Waals surface area contributed by atoms with E-state index < -0.39 is 6.10 Å². The molecule has 6 nitrogen and oxygen atoms in total. The van der Waals surface area contributed by atoms with Crippen molar-refractivity contribution in [1.29, 1.82) is 0 Å². The first-order chi connectivity index (χ1) is 11.7. The Labute approximate surface area is 141 Å². The summed E-state index contributed by atoms with van der Waals surface area (Å²) in [4.78, 5) is 11.1. The zero-order chi connectivity index (χ0) is 16.7. The van der Waals surface area contributed by atoms with Crippen LogP contribution in [-0.4, -0.2) is 35.8 Å². The number of aromatic nitrogens is 2. The fourth-order valence-electron chi connectivity index (χ4n) is 3.33. The zero-order valence-electron chi connectivity index (χ0n) is 13.9. The molecule has 6 heteroatoms. The van der Waals surface area contributed by atoms with Crippen LogP contribution >= 0.6 is 0 Å². The molecular formula is C18H21N3O3. The molecule has 0 bridgehead atoms. The number of aliphatic hydroxyl groups is 1. The Morgan fingerprint density at radius 3 is 2.58 bits per heavy atom. The summed E-state index contributed by atoms with van der Waals surface area (Å²) in [6.45, 7) is 1.09. The lowest BCUT2D eigenvalue weighted by molar-refractivity contribution is 0.169. The van der Waals surface area contributed by atoms with Gasteiger partial charge >= 0.3 is 0 Å². The second kappa shape index (κ2) is 5.94. The molecule has 4 rings (SSSR count). The zero-order valence-corrected chi connectivity index (χ0v) is 13.9. The molecule has 1 aromatic heterocycles. The summed E-state index contributed by atoms with van der Waals surface area (Å²) >= 11 is 0. The van der Waals surface area contributed by atoms with E-state index in [2.05, 4.69) is 9.88 Å². The van der Waals surface area contributed by atoms with Crippen LogP contribution in [0, 0.1) is 0 Å². The minimum absolute atomic E-state index is 0.470. The van der Waals surface area contributed by atoms with Crippen LogP contribution < -0.4 is 14.4 Å². The van der Waals surface area contributed by atoms with E-state index >= 15 is 0 Å². The van der Waals surface area contributed by atoms with Crippen LogP contribution in [0.3, 0.4) is 0 Å². The first-order valence-corrected chi connectivity index (χ1v) is 8.21. The van der Waals surface area contributed by atoms with Gasteiger partial charge in [0.2, 0.25) is 0 Å². The molecule has 0 saturated heterocycles. The van der Waals surface area contributed by atoms with Crippen molar-refractivity contribution in [2.45, 2.75) is 31.4 Å². The number of nitrogens with zero attached hydrogens (tertiary/aromatic N) is 3. The Balaban J connectivity index is 1.71. The minimum atomic E-state index is -0.654. The summed E-state index contributed by atoms with van der Waals surface area (Å²) in [6, 6.07) is 5.62. The Bertz CT molecular complexity index is 761. The van der Waals surface area contributed by atoms with Crippen molar-refractivity contribution in [3.8, 4) is 11.5 Å². The molecule has 1 saturated carbocycles. The fourth-order valence-corrected chi connectivity index (χ4v) is 3.33. The number of anilines is 1. The normalized spacial score (nSPS) is 19.8. The maximum atomic E-state index is 10.7. The second-order valence-corrected chi connectivity index (χ2v) is 6.31. The number of hydrogen-bond donors (Lipinski definition) is 1. The van der Waals surface area contributed by atoms with Crippen molar-refractivity contribution in [3.63, 3.8) is 0 Å². The molecule has 0 amide bonds. The second-order valence-electron chi connectivity index (χ2n) is 6.31. The van der Waals surface area contributed by atoms with Gasteiger partial charge in [-0.15, -0.1) is 0 Å². The summed E-state index contributed by atoms with van der Waals surface area (Å²) < 4.78 is 10.9. The Morgan fingerprint density at radius 1 is 1.12 bits per heavy atom. The highest BCUT2D eigenvalue weighted by molar-refractivity contribution is 5.55. The standard InChI is InChI=1S/C18H21N3O3/c1-23-14-5-6-15(24-2)17-12(14)9-21(10-13(17)22)16-7-8-19-18(20-16)11-3-4-11/h5-8,11,13,22H,3-4,9-10H2,1-2H3/t13-/m0/s1. The maximum absolute atomic E-state index is 10.7. The van der Waals surface area contributed by atoms with E-state index in [0.717, 1.165) is 28.5 Å². The number of β-amino-alcohol motifs (C(OH)–C–C–N with tert-alkyl or cyclic N) is 1. The van der Waals surface area contributed by atoms with E-state index in [9.17, 15) is 5.11 Å². The van der Waals surface area contributed by atoms with Crippen molar-refractivity contribution in [3.05, 3.63) is 41.3 Å². The summed E-state index contributed by atoms with van der Waals surface area (Å²) in [5.41, 5.74) is 1.76. The minimum Gasteiger partial charge on any atom is -0.496 e. The van der Waals surface area contributed by atoms with E-state index in [-0.39, 0.29) is 0 Å². The van der Waals surface area contributed by atoms with Gasteiger partial charge in [0.25, 0.3) is 0 Å². The number of methoxy groups -OCH3 is 2. The largest absolute Gasteiger partial charge is 0.496 e. The van der Waals surface area contributed by atoms with E-state index in [1.807, 2.05) is 18.2 Å². The van der Waals surface area contributed by atoms with Crippen LogP contribution in [0.25, 0.3) is 0 Å². The molecule has 24 heavy (non-hydrogen) atoms. The number of benzene rings is 1. The van der Waals surface area contributed by atoms with E-state index in [1.54, 1.807) is 20.4 Å². The Hall–Kier alpha value is -2.34. The SMILES string of the molecule is COc1ccc(OC)c2c1CN(c1ccnc(C3CC3)n1)C[C@@H]2O. The molecule has 0 spiro atoms. The van der Waals surface area contributed by atoms with Crippen LogP contribution in [0.1, 0.15) is 41.8 Å². The van der Waals surface area contributed by atoms with Crippen LogP contribution in [0.5, 0.6) is 11.5 Å². The van der Waals surface area contributed by atoms with Crippen LogP contribution in [0.15, 0.2) is 24.4 Å². The predicted octanol–water partition coefficient (Wildman–Crippen LogP) is 2.42. The third-order valence-electron chi connectivity index (χ3n) is 4.72. The first kappa shape index (κ1) is 15.2. The van der Waals surface area contributed by atoms with E-state index in [0.29, 0.717) is 24.8 Å². The number of aliphatic hydroxyl groups excluding tert-OH is 1. The maximum Gasteiger partial charge on any atom is 0.133 e. The molecule has 1 fully saturated rings. The molecule has 2 aromatic rings. The fraction of sp³-hybridized carbons (Fsp3) is 0.444. The van der Waals surface area contributed by atoms with Gasteiger partial charge in [-0.25, -0.2) is 9.97 Å². The smallest absolute Gasteiger partial charge is 0.133 e. The van der Waals surface area contributed by atoms with Gasteiger partial charge < -0.3 is 19.5 Å². The van der Waals surface area contributed by atoms with Gasteiger partial charge in [0.05, 0.1) is 20.8 Å². The van der Waals surface area contributed by atoms with Gasteiger partial charge in [0.1, 0.15) is 29.2 Å². The average Bonchev–Trinajstić information content (AvgIpc) is 3.46. The molecule has 2 heterocycles. The van der Waals surface area contributed by atoms with Crippen molar-refractivity contribution in [1.82, 2.24) is 9.97 Å². The third kappa shape index (κ3) is 2.57. The first-order valence-electron chi connectivity index (χ1n) is 8.21. The highest BCUT2D eigenvalue weighted by Gasteiger charge is 2.31. The van der Waals surface area contributed by atoms with E-state index in [1.165, 1.54) is 12.8 Å². The van der Waals surface area contributed by atoms with Crippen LogP contribution in [0.2, 0.25) is 0 Å². The molecule has 1 N–H and O–H groups in total. The number of rotatable bonds is 4. The molecule has 2 aliphatic rings. The highest BCUT2D eigenvalue weighted by atomic mass is 16.5. The summed E-state index contributed by atoms with van der Waals surface area (Å²) in [5.74, 6) is 3.71. The lowest BCUT2D eigenvalue weighted by atomic mass is 9.95. The number of hydrogen-bond acceptors (Lipinski definition) is 6. The Morgan fingerprint density at radius 2 is 1.88 bits per heavy atom. The van der Waals surface area contributed by atoms with Crippen molar-refractivity contribution in [2.75, 3.05) is 25.7 Å². The lowest BCUT2D eigenvalue weighted by Crippen LogP contribution is -2.35. The number of ether oxygens (including phenoxy) is 2. The molecule has 1 aromatic carbocycles. The summed E-state index contributed by atoms with van der Waals surface area (Å²) in [5, 5.41) is 10.7. The predicted molar refractivity (Wildman–Crippen MR) is 89.6 cm³/mol. The molecule has 1 aliphatic heterocycles. The van der Waals surface area contributed by atoms with Crippen LogP contribution in [0.4, 0.5) is 5.82 Å². The van der Waals surface area contributed by atoms with Gasteiger partial charge in [-0.05, 0) is 31.0 Å². The Kier molecular flexibility index (Phi) is 3.76. The highest BCUT2D eigenvalue weighted by Crippen LogP contribution is 2.41. The quantitative estimate of drug-likeness (QED) is 0.930. The molecular weight excluding hydrogens is 306 g/mol. The molecule has 0 unspecified atom stereocenters. The van der Waals surface area contributed by atoms with Crippen LogP contribution in [-0.2, 0) is 6.54 Å². The third-order valence-corrected chi connectivity index (χ3v) is 4.72. The molecule has 1 aliphatic carbocycles. The average molecular weight is 327 g/mol. The van der Waals surface area contributed by atoms with Gasteiger partial charge in [0, 0.05) is 29.8 Å². The summed E-state index contributed by atoms with van der Waals surface area (Å²) in [6.07, 6.45) is 3.48. The van der Waals surface area contributed by atoms with Gasteiger partial charge in [-0.2, -0.15) is 0 Å². The van der Waals surface area contributed by atoms with Gasteiger partial charge in [-0.3, -0.25) is 0 Å². The van der Waals surface area contributed by atoms with Gasteiger partial charge in [-0.1, -0.05) is 0 Å². The monoisotopic (exact) mass is 327 g/mol. The van der Waals surface area contributed by atoms with Crippen molar-refractivity contribution >= 4 is 5.82 Å². The van der Waals surface area contributed by atoms with Crippen molar-refractivity contribution < 1.29 is 14.6 Å². The summed E-state index contributed by atoms with van der Waals surface area (Å²) in [7, 11) is 3.26. The number of fused-ring (bicyclic) bond motifs is 1. The molecule has 1 atom stereocenters.